The van der Waals surface area contributed by atoms with E-state index in [9.17, 15) is 8.42 Å². The van der Waals surface area contributed by atoms with Crippen molar-refractivity contribution in [2.24, 2.45) is 5.73 Å². The first-order valence-electron chi connectivity index (χ1n) is 6.98. The van der Waals surface area contributed by atoms with E-state index < -0.39 is 10.0 Å². The molecule has 0 saturated carbocycles. The van der Waals surface area contributed by atoms with E-state index in [0.29, 0.717) is 48.8 Å². The lowest BCUT2D eigenvalue weighted by molar-refractivity contribution is 0.176. The zero-order valence-corrected chi connectivity index (χ0v) is 14.6. The third-order valence-electron chi connectivity index (χ3n) is 3.52. The zero-order valence-electron chi connectivity index (χ0n) is 12.2. The highest BCUT2D eigenvalue weighted by Crippen LogP contribution is 2.28. The molecule has 11 heteroatoms. The van der Waals surface area contributed by atoms with Crippen molar-refractivity contribution in [3.05, 3.63) is 28.2 Å². The Bertz CT molecular complexity index is 767. The minimum absolute atomic E-state index is 0.211. The molecule has 0 spiro atoms. The fourth-order valence-electron chi connectivity index (χ4n) is 2.33. The molecule has 0 bridgehead atoms. The van der Waals surface area contributed by atoms with E-state index in [2.05, 4.69) is 15.0 Å². The number of aromatic nitrogens is 2. The van der Waals surface area contributed by atoms with Gasteiger partial charge in [0.05, 0.1) is 17.4 Å². The first kappa shape index (κ1) is 16.8. The fraction of sp³-hybridized carbons (Fsp3) is 0.500. The van der Waals surface area contributed by atoms with E-state index in [1.165, 1.54) is 4.31 Å². The molecular formula is C12H16ClN5O3S2. The Kier molecular flexibility index (Phi) is 4.99. The third-order valence-corrected chi connectivity index (χ3v) is 7.12. The number of nitrogens with two attached hydrogens (primary N) is 1. The van der Waals surface area contributed by atoms with Crippen molar-refractivity contribution in [2.75, 3.05) is 26.2 Å². The molecule has 0 amide bonds. The van der Waals surface area contributed by atoms with Crippen LogP contribution in [-0.2, 0) is 23.1 Å². The summed E-state index contributed by atoms with van der Waals surface area (Å²) in [6.07, 6.45) is 0. The van der Waals surface area contributed by atoms with E-state index in [-0.39, 0.29) is 10.8 Å². The lowest BCUT2D eigenvalue weighted by atomic mass is 10.3. The summed E-state index contributed by atoms with van der Waals surface area (Å²) in [5.41, 5.74) is 5.43. The van der Waals surface area contributed by atoms with E-state index in [4.69, 9.17) is 21.9 Å². The molecule has 1 saturated heterocycles. The number of hydrogen-bond acceptors (Lipinski definition) is 8. The normalized spacial score (nSPS) is 17.7. The Labute approximate surface area is 142 Å². The predicted molar refractivity (Wildman–Crippen MR) is 85.6 cm³/mol. The summed E-state index contributed by atoms with van der Waals surface area (Å²) in [7, 11) is -3.46. The molecule has 23 heavy (non-hydrogen) atoms. The Morgan fingerprint density at radius 2 is 2.04 bits per heavy atom. The van der Waals surface area contributed by atoms with Gasteiger partial charge >= 0.3 is 0 Å². The molecule has 8 nitrogen and oxygen atoms in total. The molecule has 0 radical (unpaired) electrons. The molecule has 2 aromatic rings. The minimum Gasteiger partial charge on any atom is -0.338 e. The van der Waals surface area contributed by atoms with Crippen LogP contribution in [0.3, 0.4) is 0 Å². The maximum atomic E-state index is 12.5. The summed E-state index contributed by atoms with van der Waals surface area (Å²) in [4.78, 5) is 6.23. The van der Waals surface area contributed by atoms with Crippen molar-refractivity contribution >= 4 is 33.0 Å². The number of nitrogens with zero attached hydrogens (tertiary/aromatic N) is 4. The van der Waals surface area contributed by atoms with Gasteiger partial charge in [0.25, 0.3) is 10.0 Å². The molecule has 0 atom stereocenters. The van der Waals surface area contributed by atoms with E-state index in [0.717, 1.165) is 11.3 Å². The summed E-state index contributed by atoms with van der Waals surface area (Å²) in [5, 5.41) is 3.85. The highest BCUT2D eigenvalue weighted by atomic mass is 35.5. The van der Waals surface area contributed by atoms with Gasteiger partial charge in [-0.3, -0.25) is 4.90 Å². The van der Waals surface area contributed by atoms with Gasteiger partial charge in [0, 0.05) is 26.2 Å². The molecule has 126 valence electrons. The maximum absolute atomic E-state index is 12.5. The quantitative estimate of drug-likeness (QED) is 0.819. The molecule has 1 aliphatic rings. The predicted octanol–water partition coefficient (Wildman–Crippen LogP) is 0.750. The van der Waals surface area contributed by atoms with Crippen molar-refractivity contribution in [1.29, 1.82) is 0 Å². The number of rotatable bonds is 5. The van der Waals surface area contributed by atoms with Crippen LogP contribution in [0.15, 0.2) is 20.9 Å². The number of hydrogen-bond donors (Lipinski definition) is 1. The van der Waals surface area contributed by atoms with Crippen LogP contribution in [0.2, 0.25) is 4.34 Å². The van der Waals surface area contributed by atoms with Gasteiger partial charge in [-0.1, -0.05) is 16.8 Å². The Balaban J connectivity index is 1.59. The van der Waals surface area contributed by atoms with E-state index >= 15 is 0 Å². The summed E-state index contributed by atoms with van der Waals surface area (Å²) in [5.74, 6) is 0.961. The summed E-state index contributed by atoms with van der Waals surface area (Å²) < 4.78 is 32.2. The summed E-state index contributed by atoms with van der Waals surface area (Å²) in [6, 6.07) is 3.14. The molecular weight excluding hydrogens is 362 g/mol. The Hall–Kier alpha value is -1.04. The number of piperazine rings is 1. The monoisotopic (exact) mass is 377 g/mol. The van der Waals surface area contributed by atoms with Gasteiger partial charge in [0.1, 0.15) is 4.21 Å². The number of halogens is 1. The summed E-state index contributed by atoms with van der Waals surface area (Å²) in [6.45, 7) is 2.76. The van der Waals surface area contributed by atoms with Crippen LogP contribution in [0.5, 0.6) is 0 Å². The molecule has 0 aliphatic carbocycles. The highest BCUT2D eigenvalue weighted by molar-refractivity contribution is 7.91. The standard InChI is InChI=1S/C12H16ClN5O3S2/c13-9-1-2-12(22-9)23(19,20)18-5-3-17(4-6-18)8-10-15-11(7-14)21-16-10/h1-2H,3-8,14H2. The van der Waals surface area contributed by atoms with Crippen molar-refractivity contribution in [2.45, 2.75) is 17.3 Å². The number of sulfonamides is 1. The Morgan fingerprint density at radius 3 is 2.61 bits per heavy atom. The summed E-state index contributed by atoms with van der Waals surface area (Å²) >= 11 is 6.90. The first-order chi connectivity index (χ1) is 11.0. The first-order valence-corrected chi connectivity index (χ1v) is 9.62. The second-order valence-electron chi connectivity index (χ2n) is 5.05. The van der Waals surface area contributed by atoms with Gasteiger partial charge in [-0.25, -0.2) is 8.42 Å². The smallest absolute Gasteiger partial charge is 0.252 e. The van der Waals surface area contributed by atoms with Gasteiger partial charge < -0.3 is 10.3 Å². The average Bonchev–Trinajstić information content (AvgIpc) is 3.17. The molecule has 1 fully saturated rings. The molecule has 1 aliphatic heterocycles. The molecule has 3 rings (SSSR count). The van der Waals surface area contributed by atoms with Crippen molar-refractivity contribution in [1.82, 2.24) is 19.3 Å². The maximum Gasteiger partial charge on any atom is 0.252 e. The van der Waals surface area contributed by atoms with Crippen LogP contribution in [0.1, 0.15) is 11.7 Å². The molecule has 3 heterocycles. The van der Waals surface area contributed by atoms with Gasteiger partial charge in [-0.2, -0.15) is 9.29 Å². The van der Waals surface area contributed by atoms with E-state index in [1.54, 1.807) is 12.1 Å². The van der Waals surface area contributed by atoms with Crippen LogP contribution < -0.4 is 5.73 Å². The SMILES string of the molecule is NCc1nc(CN2CCN(S(=O)(=O)c3ccc(Cl)s3)CC2)no1. The van der Waals surface area contributed by atoms with Crippen molar-refractivity contribution in [3.63, 3.8) is 0 Å². The van der Waals surface area contributed by atoms with Gasteiger partial charge in [-0.15, -0.1) is 11.3 Å². The molecule has 0 unspecified atom stereocenters. The average molecular weight is 378 g/mol. The van der Waals surface area contributed by atoms with Crippen LogP contribution in [-0.4, -0.2) is 53.9 Å². The second-order valence-corrected chi connectivity index (χ2v) is 8.93. The largest absolute Gasteiger partial charge is 0.338 e. The molecule has 0 aromatic carbocycles. The van der Waals surface area contributed by atoms with Crippen LogP contribution >= 0.6 is 22.9 Å². The van der Waals surface area contributed by atoms with Crippen LogP contribution in [0, 0.1) is 0 Å². The van der Waals surface area contributed by atoms with Gasteiger partial charge in [0.15, 0.2) is 5.82 Å². The molecule has 2 N–H and O–H groups in total. The van der Waals surface area contributed by atoms with Gasteiger partial charge in [-0.05, 0) is 12.1 Å². The lowest BCUT2D eigenvalue weighted by Gasteiger charge is -2.32. The topological polar surface area (TPSA) is 106 Å². The molecule has 2 aromatic heterocycles. The van der Waals surface area contributed by atoms with Crippen molar-refractivity contribution < 1.29 is 12.9 Å². The fourth-order valence-corrected chi connectivity index (χ4v) is 5.39. The van der Waals surface area contributed by atoms with Crippen molar-refractivity contribution in [3.8, 4) is 0 Å². The van der Waals surface area contributed by atoms with Crippen LogP contribution in [0.4, 0.5) is 0 Å². The third kappa shape index (κ3) is 3.73. The minimum atomic E-state index is -3.46. The zero-order chi connectivity index (χ0) is 16.4. The Morgan fingerprint density at radius 1 is 1.30 bits per heavy atom. The lowest BCUT2D eigenvalue weighted by Crippen LogP contribution is -2.48. The highest BCUT2D eigenvalue weighted by Gasteiger charge is 2.30. The van der Waals surface area contributed by atoms with Crippen LogP contribution in [0.25, 0.3) is 0 Å². The van der Waals surface area contributed by atoms with Gasteiger partial charge in [0.2, 0.25) is 5.89 Å². The van der Waals surface area contributed by atoms with E-state index in [1.807, 2.05) is 0 Å². The second kappa shape index (κ2) is 6.83. The number of thiophene rings is 1.